The number of nitrogens with two attached hydrogens (primary N) is 1. The van der Waals surface area contributed by atoms with Crippen LogP contribution in [-0.2, 0) is 9.59 Å². The molecule has 5 nitrogen and oxygen atoms in total. The van der Waals surface area contributed by atoms with Gasteiger partial charge in [-0.15, -0.1) is 0 Å². The van der Waals surface area contributed by atoms with E-state index in [0.717, 1.165) is 24.9 Å². The summed E-state index contributed by atoms with van der Waals surface area (Å²) in [5.41, 5.74) is 6.80. The zero-order valence-electron chi connectivity index (χ0n) is 15.8. The van der Waals surface area contributed by atoms with Crippen LogP contribution in [0.4, 0.5) is 10.1 Å². The maximum absolute atomic E-state index is 13.3. The molecule has 1 saturated heterocycles. The molecule has 2 aromatic rings. The normalized spacial score (nSPS) is 16.7. The molecule has 2 N–H and O–H groups in total. The van der Waals surface area contributed by atoms with Crippen molar-refractivity contribution in [3.8, 4) is 0 Å². The molecule has 0 aromatic heterocycles. The number of hydrogen-bond donors (Lipinski definition) is 1. The van der Waals surface area contributed by atoms with Gasteiger partial charge in [0.05, 0.1) is 16.6 Å². The molecular formula is C21H22Cl2FN3O2. The highest BCUT2D eigenvalue weighted by Gasteiger charge is 2.30. The lowest BCUT2D eigenvalue weighted by Crippen LogP contribution is -2.41. The van der Waals surface area contributed by atoms with E-state index in [9.17, 15) is 14.0 Å². The number of carbonyl (C=O) groups is 2. The van der Waals surface area contributed by atoms with Crippen molar-refractivity contribution in [1.29, 1.82) is 0 Å². The quantitative estimate of drug-likeness (QED) is 0.706. The highest BCUT2D eigenvalue weighted by molar-refractivity contribution is 6.42. The maximum atomic E-state index is 13.3. The lowest BCUT2D eigenvalue weighted by Gasteiger charge is -2.29. The first-order chi connectivity index (χ1) is 13.8. The van der Waals surface area contributed by atoms with Crippen LogP contribution in [-0.4, -0.2) is 36.3 Å². The van der Waals surface area contributed by atoms with E-state index in [1.165, 1.54) is 29.2 Å². The highest BCUT2D eigenvalue weighted by atomic mass is 35.5. The van der Waals surface area contributed by atoms with Gasteiger partial charge in [0.2, 0.25) is 11.8 Å². The second-order valence-corrected chi connectivity index (χ2v) is 7.85. The Hall–Kier alpha value is -2.15. The summed E-state index contributed by atoms with van der Waals surface area (Å²) in [6, 6.07) is 11.2. The van der Waals surface area contributed by atoms with Crippen molar-refractivity contribution in [3.63, 3.8) is 0 Å². The molecule has 3 rings (SSSR count). The molecule has 154 valence electrons. The number of benzene rings is 2. The van der Waals surface area contributed by atoms with Gasteiger partial charge in [-0.3, -0.25) is 14.5 Å². The second kappa shape index (κ2) is 9.57. The van der Waals surface area contributed by atoms with Gasteiger partial charge in [-0.05, 0) is 61.3 Å². The summed E-state index contributed by atoms with van der Waals surface area (Å²) in [6.45, 7) is 1.08. The third-order valence-corrected chi connectivity index (χ3v) is 5.79. The van der Waals surface area contributed by atoms with Crippen LogP contribution in [0.2, 0.25) is 10.0 Å². The maximum Gasteiger partial charge on any atom is 0.241 e. The smallest absolute Gasteiger partial charge is 0.241 e. The van der Waals surface area contributed by atoms with Gasteiger partial charge < -0.3 is 10.6 Å². The molecule has 0 bridgehead atoms. The lowest BCUT2D eigenvalue weighted by molar-refractivity contribution is -0.120. The molecule has 29 heavy (non-hydrogen) atoms. The predicted octanol–water partition coefficient (Wildman–Crippen LogP) is 4.18. The molecule has 0 aliphatic carbocycles. The predicted molar refractivity (Wildman–Crippen MR) is 113 cm³/mol. The summed E-state index contributed by atoms with van der Waals surface area (Å²) >= 11 is 12.2. The molecule has 0 radical (unpaired) electrons. The Morgan fingerprint density at radius 3 is 2.52 bits per heavy atom. The average molecular weight is 438 g/mol. The Labute approximate surface area is 179 Å². The van der Waals surface area contributed by atoms with E-state index < -0.39 is 11.7 Å². The summed E-state index contributed by atoms with van der Waals surface area (Å²) in [6.07, 6.45) is 1.89. The summed E-state index contributed by atoms with van der Waals surface area (Å²) in [5.74, 6) is -1.07. The minimum atomic E-state index is -0.500. The fourth-order valence-corrected chi connectivity index (χ4v) is 3.92. The number of amides is 2. The minimum absolute atomic E-state index is 0.0271. The Kier molecular flexibility index (Phi) is 7.11. The first-order valence-corrected chi connectivity index (χ1v) is 10.1. The van der Waals surface area contributed by atoms with E-state index in [-0.39, 0.29) is 31.5 Å². The minimum Gasteiger partial charge on any atom is -0.370 e. The zero-order valence-corrected chi connectivity index (χ0v) is 17.3. The number of hydrogen-bond acceptors (Lipinski definition) is 3. The van der Waals surface area contributed by atoms with E-state index >= 15 is 0 Å². The number of primary amides is 1. The first kappa shape index (κ1) is 21.6. The van der Waals surface area contributed by atoms with Crippen molar-refractivity contribution in [3.05, 3.63) is 63.9 Å². The average Bonchev–Trinajstić information content (AvgIpc) is 3.13. The second-order valence-electron chi connectivity index (χ2n) is 7.04. The van der Waals surface area contributed by atoms with Crippen LogP contribution in [0.5, 0.6) is 0 Å². The van der Waals surface area contributed by atoms with Gasteiger partial charge in [0.1, 0.15) is 5.82 Å². The molecule has 1 aliphatic heterocycles. The highest BCUT2D eigenvalue weighted by Crippen LogP contribution is 2.35. The van der Waals surface area contributed by atoms with Crippen LogP contribution >= 0.6 is 23.2 Å². The molecule has 1 aliphatic rings. The summed E-state index contributed by atoms with van der Waals surface area (Å²) in [5, 5.41) is 0.974. The molecule has 0 spiro atoms. The summed E-state index contributed by atoms with van der Waals surface area (Å²) in [7, 11) is 0. The number of rotatable bonds is 7. The first-order valence-electron chi connectivity index (χ1n) is 9.38. The Morgan fingerprint density at radius 1 is 1.14 bits per heavy atom. The Morgan fingerprint density at radius 2 is 1.86 bits per heavy atom. The molecule has 1 heterocycles. The molecule has 0 unspecified atom stereocenters. The third kappa shape index (κ3) is 5.47. The number of carbonyl (C=O) groups excluding carboxylic acids is 2. The zero-order chi connectivity index (χ0) is 21.0. The van der Waals surface area contributed by atoms with Gasteiger partial charge in [-0.1, -0.05) is 29.3 Å². The monoisotopic (exact) mass is 437 g/mol. The number of nitrogens with zero attached hydrogens (tertiary/aromatic N) is 2. The number of halogens is 3. The van der Waals surface area contributed by atoms with E-state index in [1.807, 2.05) is 12.1 Å². The molecule has 8 heteroatoms. The number of anilines is 1. The van der Waals surface area contributed by atoms with E-state index in [1.54, 1.807) is 6.07 Å². The molecule has 2 aromatic carbocycles. The van der Waals surface area contributed by atoms with Crippen LogP contribution < -0.4 is 10.6 Å². The van der Waals surface area contributed by atoms with Crippen LogP contribution in [0.15, 0.2) is 42.5 Å². The molecular weight excluding hydrogens is 416 g/mol. The van der Waals surface area contributed by atoms with E-state index in [4.69, 9.17) is 28.9 Å². The molecule has 2 amide bonds. The fraction of sp³-hybridized carbons (Fsp3) is 0.333. The molecule has 0 saturated carbocycles. The summed E-state index contributed by atoms with van der Waals surface area (Å²) < 4.78 is 13.3. The largest absolute Gasteiger partial charge is 0.370 e. The molecule has 1 atom stereocenters. The fourth-order valence-electron chi connectivity index (χ4n) is 3.61. The van der Waals surface area contributed by atoms with Gasteiger partial charge in [-0.2, -0.15) is 0 Å². The van der Waals surface area contributed by atoms with E-state index in [2.05, 4.69) is 4.90 Å². The molecule has 1 fully saturated rings. The Bertz CT molecular complexity index is 892. The van der Waals surface area contributed by atoms with Crippen molar-refractivity contribution in [2.75, 3.05) is 24.5 Å². The topological polar surface area (TPSA) is 66.6 Å². The van der Waals surface area contributed by atoms with Crippen LogP contribution in [0.1, 0.15) is 30.9 Å². The van der Waals surface area contributed by atoms with Crippen molar-refractivity contribution in [1.82, 2.24) is 4.90 Å². The van der Waals surface area contributed by atoms with Crippen LogP contribution in [0, 0.1) is 5.82 Å². The van der Waals surface area contributed by atoms with E-state index in [0.29, 0.717) is 15.7 Å². The van der Waals surface area contributed by atoms with Crippen molar-refractivity contribution >= 4 is 40.7 Å². The lowest BCUT2D eigenvalue weighted by atomic mass is 10.0. The van der Waals surface area contributed by atoms with Crippen LogP contribution in [0.25, 0.3) is 0 Å². The summed E-state index contributed by atoms with van der Waals surface area (Å²) in [4.78, 5) is 27.9. The number of likely N-dealkylation sites (tertiary alicyclic amines) is 1. The van der Waals surface area contributed by atoms with Crippen LogP contribution in [0.3, 0.4) is 0 Å². The SMILES string of the molecule is NC(=O)CCN(C(=O)CN1CCC[C@@H]1c1ccc(Cl)c(Cl)c1)c1ccc(F)cc1. The third-order valence-electron chi connectivity index (χ3n) is 5.05. The van der Waals surface area contributed by atoms with Crippen molar-refractivity contribution in [2.24, 2.45) is 5.73 Å². The van der Waals surface area contributed by atoms with Crippen molar-refractivity contribution in [2.45, 2.75) is 25.3 Å². The van der Waals surface area contributed by atoms with Gasteiger partial charge in [0.15, 0.2) is 0 Å². The van der Waals surface area contributed by atoms with Gasteiger partial charge in [0.25, 0.3) is 0 Å². The van der Waals surface area contributed by atoms with Gasteiger partial charge >= 0.3 is 0 Å². The standard InChI is InChI=1S/C21H22Cl2FN3O2/c22-17-8-3-14(12-18(17)23)19-2-1-10-26(19)13-21(29)27(11-9-20(25)28)16-6-4-15(24)5-7-16/h3-8,12,19H,1-2,9-11,13H2,(H2,25,28)/t19-/m1/s1. The van der Waals surface area contributed by atoms with Gasteiger partial charge in [0, 0.05) is 24.7 Å². The Balaban J connectivity index is 1.77. The van der Waals surface area contributed by atoms with Crippen molar-refractivity contribution < 1.29 is 14.0 Å². The van der Waals surface area contributed by atoms with Gasteiger partial charge in [-0.25, -0.2) is 4.39 Å².